The number of nitrogens with two attached hydrogens (primary N) is 1. The van der Waals surface area contributed by atoms with Crippen molar-refractivity contribution in [3.63, 3.8) is 0 Å². The van der Waals surface area contributed by atoms with Crippen molar-refractivity contribution in [1.82, 2.24) is 4.90 Å². The van der Waals surface area contributed by atoms with Crippen molar-refractivity contribution in [2.24, 2.45) is 17.1 Å². The van der Waals surface area contributed by atoms with E-state index in [4.69, 9.17) is 5.73 Å². The molecular weight excluding hydrogens is 224 g/mol. The third-order valence-corrected chi connectivity index (χ3v) is 4.12. The fourth-order valence-corrected chi connectivity index (χ4v) is 3.01. The van der Waals surface area contributed by atoms with Gasteiger partial charge in [0.25, 0.3) is 0 Å². The molecule has 1 heterocycles. The molecule has 0 aromatic rings. The Kier molecular flexibility index (Phi) is 4.62. The van der Waals surface area contributed by atoms with Crippen molar-refractivity contribution >= 4 is 18.3 Å². The smallest absolute Gasteiger partial charge is 0.230 e. The second-order valence-corrected chi connectivity index (χ2v) is 5.34. The van der Waals surface area contributed by atoms with Crippen molar-refractivity contribution in [2.75, 3.05) is 19.6 Å². The number of halogens is 1. The average molecular weight is 247 g/mol. The van der Waals surface area contributed by atoms with Crippen LogP contribution in [-0.4, -0.2) is 30.4 Å². The zero-order chi connectivity index (χ0) is 10.9. The number of likely N-dealkylation sites (tertiary alicyclic amines) is 1. The van der Waals surface area contributed by atoms with Crippen LogP contribution in [0.4, 0.5) is 0 Å². The van der Waals surface area contributed by atoms with Crippen molar-refractivity contribution in [3.8, 4) is 0 Å². The van der Waals surface area contributed by atoms with Gasteiger partial charge in [-0.05, 0) is 25.2 Å². The third-order valence-electron chi connectivity index (χ3n) is 4.12. The molecule has 0 aromatic heterocycles. The minimum absolute atomic E-state index is 0. The molecule has 1 saturated carbocycles. The van der Waals surface area contributed by atoms with Gasteiger partial charge in [0.15, 0.2) is 0 Å². The number of carbonyl (C=O) groups is 1. The predicted octanol–water partition coefficient (Wildman–Crippen LogP) is 1.80. The van der Waals surface area contributed by atoms with Crippen LogP contribution in [-0.2, 0) is 4.79 Å². The van der Waals surface area contributed by atoms with E-state index < -0.39 is 0 Å². The lowest BCUT2D eigenvalue weighted by molar-refractivity contribution is -0.140. The molecule has 2 fully saturated rings. The van der Waals surface area contributed by atoms with Gasteiger partial charge in [-0.15, -0.1) is 12.4 Å². The van der Waals surface area contributed by atoms with Gasteiger partial charge in [-0.3, -0.25) is 4.79 Å². The Balaban J connectivity index is 0.00000128. The molecule has 1 unspecified atom stereocenters. The Morgan fingerprint density at radius 3 is 2.50 bits per heavy atom. The number of hydrogen-bond acceptors (Lipinski definition) is 2. The van der Waals surface area contributed by atoms with Crippen molar-refractivity contribution in [3.05, 3.63) is 0 Å². The van der Waals surface area contributed by atoms with Crippen molar-refractivity contribution in [1.29, 1.82) is 0 Å². The number of carbonyl (C=O) groups excluding carboxylic acids is 1. The van der Waals surface area contributed by atoms with Gasteiger partial charge in [-0.1, -0.05) is 19.8 Å². The summed E-state index contributed by atoms with van der Waals surface area (Å²) < 4.78 is 0. The Morgan fingerprint density at radius 2 is 2.06 bits per heavy atom. The average Bonchev–Trinajstić information content (AvgIpc) is 2.86. The lowest BCUT2D eigenvalue weighted by Gasteiger charge is -2.31. The van der Waals surface area contributed by atoms with Gasteiger partial charge in [-0.25, -0.2) is 0 Å². The van der Waals surface area contributed by atoms with E-state index in [9.17, 15) is 4.79 Å². The molecule has 2 aliphatic rings. The molecule has 2 N–H and O–H groups in total. The van der Waals surface area contributed by atoms with Gasteiger partial charge in [0.05, 0.1) is 5.41 Å². The summed E-state index contributed by atoms with van der Waals surface area (Å²) in [6.45, 7) is 4.65. The lowest BCUT2D eigenvalue weighted by Crippen LogP contribution is -2.45. The minimum Gasteiger partial charge on any atom is -0.342 e. The normalized spacial score (nSPS) is 27.9. The third kappa shape index (κ3) is 2.35. The molecule has 16 heavy (non-hydrogen) atoms. The van der Waals surface area contributed by atoms with Crippen LogP contribution < -0.4 is 5.73 Å². The molecule has 0 radical (unpaired) electrons. The van der Waals surface area contributed by atoms with Crippen LogP contribution in [0.25, 0.3) is 0 Å². The Bertz CT molecular complexity index is 251. The largest absolute Gasteiger partial charge is 0.342 e. The summed E-state index contributed by atoms with van der Waals surface area (Å²) in [7, 11) is 0. The SMILES string of the molecule is CC1CCN(C(=O)C2(CN)CCCC2)C1.Cl. The summed E-state index contributed by atoms with van der Waals surface area (Å²) in [6.07, 6.45) is 5.52. The highest BCUT2D eigenvalue weighted by atomic mass is 35.5. The molecule has 1 amide bonds. The number of nitrogens with zero attached hydrogens (tertiary/aromatic N) is 1. The van der Waals surface area contributed by atoms with Gasteiger partial charge in [0.2, 0.25) is 5.91 Å². The van der Waals surface area contributed by atoms with Crippen LogP contribution in [0, 0.1) is 11.3 Å². The predicted molar refractivity (Wildman–Crippen MR) is 67.6 cm³/mol. The Morgan fingerprint density at radius 1 is 1.44 bits per heavy atom. The van der Waals surface area contributed by atoms with Gasteiger partial charge < -0.3 is 10.6 Å². The first kappa shape index (κ1) is 13.8. The number of amides is 1. The second-order valence-electron chi connectivity index (χ2n) is 5.34. The van der Waals surface area contributed by atoms with E-state index in [2.05, 4.69) is 6.92 Å². The van der Waals surface area contributed by atoms with Crippen LogP contribution in [0.3, 0.4) is 0 Å². The maximum Gasteiger partial charge on any atom is 0.230 e. The maximum absolute atomic E-state index is 12.4. The summed E-state index contributed by atoms with van der Waals surface area (Å²) in [5.41, 5.74) is 5.63. The van der Waals surface area contributed by atoms with Gasteiger partial charge in [0.1, 0.15) is 0 Å². The fourth-order valence-electron chi connectivity index (χ4n) is 3.01. The van der Waals surface area contributed by atoms with E-state index in [-0.39, 0.29) is 17.8 Å². The second kappa shape index (κ2) is 5.37. The van der Waals surface area contributed by atoms with Gasteiger partial charge >= 0.3 is 0 Å². The molecule has 0 bridgehead atoms. The highest BCUT2D eigenvalue weighted by Crippen LogP contribution is 2.39. The van der Waals surface area contributed by atoms with E-state index in [1.165, 1.54) is 12.8 Å². The lowest BCUT2D eigenvalue weighted by atomic mass is 9.85. The molecule has 1 aliphatic carbocycles. The summed E-state index contributed by atoms with van der Waals surface area (Å²) in [4.78, 5) is 14.4. The van der Waals surface area contributed by atoms with Crippen molar-refractivity contribution in [2.45, 2.75) is 39.0 Å². The van der Waals surface area contributed by atoms with E-state index in [0.29, 0.717) is 18.4 Å². The highest BCUT2D eigenvalue weighted by Gasteiger charge is 2.43. The quantitative estimate of drug-likeness (QED) is 0.808. The van der Waals surface area contributed by atoms with Crippen LogP contribution in [0.2, 0.25) is 0 Å². The van der Waals surface area contributed by atoms with E-state index in [1.807, 2.05) is 4.90 Å². The topological polar surface area (TPSA) is 46.3 Å². The molecule has 4 heteroatoms. The molecule has 3 nitrogen and oxygen atoms in total. The van der Waals surface area contributed by atoms with Crippen LogP contribution in [0.15, 0.2) is 0 Å². The number of rotatable bonds is 2. The van der Waals surface area contributed by atoms with Crippen molar-refractivity contribution < 1.29 is 4.79 Å². The Hall–Kier alpha value is -0.280. The first-order valence-corrected chi connectivity index (χ1v) is 6.17. The van der Waals surface area contributed by atoms with Gasteiger partial charge in [0, 0.05) is 19.6 Å². The molecule has 2 rings (SSSR count). The first-order chi connectivity index (χ1) is 7.18. The highest BCUT2D eigenvalue weighted by molar-refractivity contribution is 5.85. The standard InChI is InChI=1S/C12H22N2O.ClH/c1-10-4-7-14(8-10)11(15)12(9-13)5-2-3-6-12;/h10H,2-9,13H2,1H3;1H. The van der Waals surface area contributed by atoms with E-state index >= 15 is 0 Å². The monoisotopic (exact) mass is 246 g/mol. The van der Waals surface area contributed by atoms with E-state index in [0.717, 1.165) is 32.4 Å². The summed E-state index contributed by atoms with van der Waals surface area (Å²) in [5, 5.41) is 0. The van der Waals surface area contributed by atoms with Crippen LogP contribution in [0.1, 0.15) is 39.0 Å². The number of hydrogen-bond donors (Lipinski definition) is 1. The molecule has 1 aliphatic heterocycles. The summed E-state index contributed by atoms with van der Waals surface area (Å²) in [6, 6.07) is 0. The zero-order valence-electron chi connectivity index (χ0n) is 10.1. The molecular formula is C12H23ClN2O. The zero-order valence-corrected chi connectivity index (χ0v) is 10.9. The molecule has 0 aromatic carbocycles. The summed E-state index contributed by atoms with van der Waals surface area (Å²) in [5.74, 6) is 1.01. The van der Waals surface area contributed by atoms with E-state index in [1.54, 1.807) is 0 Å². The first-order valence-electron chi connectivity index (χ1n) is 6.17. The summed E-state index contributed by atoms with van der Waals surface area (Å²) >= 11 is 0. The molecule has 1 saturated heterocycles. The molecule has 1 atom stereocenters. The van der Waals surface area contributed by atoms with Gasteiger partial charge in [-0.2, -0.15) is 0 Å². The molecule has 0 spiro atoms. The maximum atomic E-state index is 12.4. The van der Waals surface area contributed by atoms with Crippen LogP contribution >= 0.6 is 12.4 Å². The van der Waals surface area contributed by atoms with Crippen LogP contribution in [0.5, 0.6) is 0 Å². The molecule has 94 valence electrons. The fraction of sp³-hybridized carbons (Fsp3) is 0.917. The Labute approximate surface area is 104 Å². The minimum atomic E-state index is -0.190.